The summed E-state index contributed by atoms with van der Waals surface area (Å²) in [6.07, 6.45) is 0. The van der Waals surface area contributed by atoms with Crippen molar-refractivity contribution in [3.63, 3.8) is 0 Å². The average molecular weight is 458 g/mol. The number of hydrogen-bond donors (Lipinski definition) is 0. The Balaban J connectivity index is 1.94. The van der Waals surface area contributed by atoms with Crippen LogP contribution < -0.4 is 9.64 Å². The lowest BCUT2D eigenvalue weighted by Gasteiger charge is -2.24. The highest BCUT2D eigenvalue weighted by atomic mass is 32.2. The minimum Gasteiger partial charge on any atom is -0.492 e. The molecule has 2 aromatic carbocycles. The van der Waals surface area contributed by atoms with Crippen molar-refractivity contribution < 1.29 is 9.53 Å². The molecule has 31 heavy (non-hydrogen) atoms. The van der Waals surface area contributed by atoms with Crippen molar-refractivity contribution in [1.29, 1.82) is 0 Å². The van der Waals surface area contributed by atoms with E-state index in [9.17, 15) is 4.79 Å². The van der Waals surface area contributed by atoms with Crippen LogP contribution in [0.15, 0.2) is 47.4 Å². The van der Waals surface area contributed by atoms with Crippen molar-refractivity contribution in [2.24, 2.45) is 0 Å². The highest BCUT2D eigenvalue weighted by molar-refractivity contribution is 7.99. The zero-order chi connectivity index (χ0) is 22.2. The number of benzene rings is 2. The van der Waals surface area contributed by atoms with E-state index < -0.39 is 0 Å². The number of likely N-dealkylation sites (N-methyl/N-ethyl adjacent to an activating group) is 1. The van der Waals surface area contributed by atoms with E-state index in [1.807, 2.05) is 54.3 Å². The number of hydrogen-bond acceptors (Lipinski definition) is 6. The Bertz CT molecular complexity index is 984. The second kappa shape index (κ2) is 11.5. The van der Waals surface area contributed by atoms with Crippen LogP contribution in [-0.2, 0) is 0 Å². The maximum Gasteiger partial charge on any atom is 0.260 e. The van der Waals surface area contributed by atoms with Gasteiger partial charge in [-0.2, -0.15) is 0 Å². The fraction of sp³-hybridized carbons (Fsp3) is 0.417. The Morgan fingerprint density at radius 1 is 1.03 bits per heavy atom. The predicted octanol–water partition coefficient (Wildman–Crippen LogP) is 5.80. The number of carbonyl (C=O) groups excluding carboxylic acids is 1. The first-order chi connectivity index (χ1) is 15.1. The number of thiazole rings is 1. The molecule has 3 rings (SSSR count). The molecule has 0 saturated carbocycles. The Hall–Kier alpha value is -2.09. The minimum atomic E-state index is -0.0165. The Labute approximate surface area is 193 Å². The third-order valence-corrected chi connectivity index (χ3v) is 7.03. The Morgan fingerprint density at radius 2 is 1.77 bits per heavy atom. The molecule has 5 nitrogen and oxygen atoms in total. The summed E-state index contributed by atoms with van der Waals surface area (Å²) in [5, 5.41) is 0.714. The van der Waals surface area contributed by atoms with Gasteiger partial charge in [-0.1, -0.05) is 38.2 Å². The summed E-state index contributed by atoms with van der Waals surface area (Å²) in [6.45, 7) is 12.3. The van der Waals surface area contributed by atoms with Crippen LogP contribution in [0.4, 0.5) is 5.13 Å². The highest BCUT2D eigenvalue weighted by Crippen LogP contribution is 2.35. The molecule has 0 aliphatic rings. The maximum absolute atomic E-state index is 13.5. The zero-order valence-electron chi connectivity index (χ0n) is 18.8. The molecule has 0 N–H and O–H groups in total. The van der Waals surface area contributed by atoms with Crippen LogP contribution in [0.2, 0.25) is 0 Å². The number of nitrogens with zero attached hydrogens (tertiary/aromatic N) is 3. The molecule has 0 fully saturated rings. The lowest BCUT2D eigenvalue weighted by atomic mass is 10.2. The van der Waals surface area contributed by atoms with Gasteiger partial charge in [-0.05, 0) is 62.2 Å². The van der Waals surface area contributed by atoms with Gasteiger partial charge in [-0.25, -0.2) is 4.98 Å². The summed E-state index contributed by atoms with van der Waals surface area (Å²) in [5.41, 5.74) is 1.50. The van der Waals surface area contributed by atoms with Gasteiger partial charge in [0.2, 0.25) is 0 Å². The summed E-state index contributed by atoms with van der Waals surface area (Å²) < 4.78 is 6.78. The van der Waals surface area contributed by atoms with Gasteiger partial charge in [0.15, 0.2) is 5.13 Å². The first-order valence-electron chi connectivity index (χ1n) is 10.9. The van der Waals surface area contributed by atoms with Gasteiger partial charge < -0.3 is 9.64 Å². The van der Waals surface area contributed by atoms with Crippen LogP contribution >= 0.6 is 23.1 Å². The van der Waals surface area contributed by atoms with Gasteiger partial charge in [-0.15, -0.1) is 11.8 Å². The molecule has 1 aromatic heterocycles. The van der Waals surface area contributed by atoms with Gasteiger partial charge in [0.05, 0.1) is 11.3 Å². The van der Waals surface area contributed by atoms with Crippen molar-refractivity contribution in [1.82, 2.24) is 9.88 Å². The first-order valence-corrected chi connectivity index (χ1v) is 12.7. The number of carbonyl (C=O) groups is 1. The summed E-state index contributed by atoms with van der Waals surface area (Å²) in [5.74, 6) is 1.76. The number of fused-ring (bicyclic) bond motifs is 1. The molecule has 3 aromatic rings. The largest absolute Gasteiger partial charge is 0.492 e. The smallest absolute Gasteiger partial charge is 0.260 e. The van der Waals surface area contributed by atoms with Crippen molar-refractivity contribution in [2.75, 3.05) is 43.4 Å². The topological polar surface area (TPSA) is 45.7 Å². The average Bonchev–Trinajstić information content (AvgIpc) is 3.22. The number of rotatable bonds is 11. The maximum atomic E-state index is 13.5. The van der Waals surface area contributed by atoms with Crippen LogP contribution in [0.25, 0.3) is 10.2 Å². The molecule has 0 atom stereocenters. The van der Waals surface area contributed by atoms with Gasteiger partial charge in [0.1, 0.15) is 11.3 Å². The molecular weight excluding hydrogens is 426 g/mol. The van der Waals surface area contributed by atoms with Crippen molar-refractivity contribution >= 4 is 44.4 Å². The van der Waals surface area contributed by atoms with Crippen LogP contribution in [0.5, 0.6) is 5.75 Å². The summed E-state index contributed by atoms with van der Waals surface area (Å²) in [7, 11) is 0. The van der Waals surface area contributed by atoms with Crippen molar-refractivity contribution in [3.05, 3.63) is 48.0 Å². The lowest BCUT2D eigenvalue weighted by molar-refractivity contribution is 0.0983. The van der Waals surface area contributed by atoms with Crippen molar-refractivity contribution in [2.45, 2.75) is 32.6 Å². The van der Waals surface area contributed by atoms with E-state index in [4.69, 9.17) is 9.72 Å². The number of amides is 1. The van der Waals surface area contributed by atoms with E-state index in [0.29, 0.717) is 23.8 Å². The monoisotopic (exact) mass is 457 g/mol. The normalized spacial score (nSPS) is 11.3. The lowest BCUT2D eigenvalue weighted by Crippen LogP contribution is -2.38. The quantitative estimate of drug-likeness (QED) is 0.341. The fourth-order valence-corrected chi connectivity index (χ4v) is 5.05. The molecular formula is C24H31N3O2S2. The molecule has 0 saturated heterocycles. The predicted molar refractivity (Wildman–Crippen MR) is 133 cm³/mol. The standard InChI is InChI=1S/C24H31N3O2S2/c1-5-26(6-2)16-17-27(23(28)18-12-14-19(15-13-18)30-8-4)24-25-22-20(29-7-3)10-9-11-21(22)31-24/h9-15H,5-8,16-17H2,1-4H3. The number of ether oxygens (including phenoxy) is 1. The van der Waals surface area contributed by atoms with E-state index >= 15 is 0 Å². The van der Waals surface area contributed by atoms with Crippen LogP contribution in [0.1, 0.15) is 38.1 Å². The second-order valence-corrected chi connectivity index (χ2v) is 9.32. The molecule has 7 heteroatoms. The van der Waals surface area contributed by atoms with Crippen LogP contribution in [-0.4, -0.2) is 54.3 Å². The highest BCUT2D eigenvalue weighted by Gasteiger charge is 2.23. The molecule has 1 heterocycles. The minimum absolute atomic E-state index is 0.0165. The number of thioether (sulfide) groups is 1. The van der Waals surface area contributed by atoms with E-state index in [0.717, 1.165) is 41.4 Å². The van der Waals surface area contributed by atoms with Gasteiger partial charge in [0, 0.05) is 23.5 Å². The summed E-state index contributed by atoms with van der Waals surface area (Å²) >= 11 is 3.31. The number of aromatic nitrogens is 1. The van der Waals surface area contributed by atoms with Gasteiger partial charge in [0.25, 0.3) is 5.91 Å². The number of para-hydroxylation sites is 1. The first kappa shape index (κ1) is 23.6. The van der Waals surface area contributed by atoms with Crippen LogP contribution in [0.3, 0.4) is 0 Å². The van der Waals surface area contributed by atoms with Crippen LogP contribution in [0, 0.1) is 0 Å². The molecule has 0 aliphatic heterocycles. The summed E-state index contributed by atoms with van der Waals surface area (Å²) in [6, 6.07) is 13.8. The molecule has 0 radical (unpaired) electrons. The molecule has 0 spiro atoms. The molecule has 0 unspecified atom stereocenters. The summed E-state index contributed by atoms with van der Waals surface area (Å²) in [4.78, 5) is 23.7. The molecule has 1 amide bonds. The SMILES string of the molecule is CCOc1cccc2sc(N(CCN(CC)CC)C(=O)c3ccc(SCC)cc3)nc12. The van der Waals surface area contributed by atoms with E-state index in [2.05, 4.69) is 25.7 Å². The van der Waals surface area contributed by atoms with E-state index in [-0.39, 0.29) is 5.91 Å². The molecule has 0 bridgehead atoms. The van der Waals surface area contributed by atoms with E-state index in [1.54, 1.807) is 11.8 Å². The van der Waals surface area contributed by atoms with Crippen molar-refractivity contribution in [3.8, 4) is 5.75 Å². The fourth-order valence-electron chi connectivity index (χ4n) is 3.38. The molecule has 166 valence electrons. The Morgan fingerprint density at radius 3 is 2.42 bits per heavy atom. The second-order valence-electron chi connectivity index (χ2n) is 6.97. The third-order valence-electron chi connectivity index (χ3n) is 5.09. The Kier molecular flexibility index (Phi) is 8.75. The van der Waals surface area contributed by atoms with Gasteiger partial charge >= 0.3 is 0 Å². The third kappa shape index (κ3) is 5.79. The van der Waals surface area contributed by atoms with E-state index in [1.165, 1.54) is 16.2 Å². The zero-order valence-corrected chi connectivity index (χ0v) is 20.4. The molecule has 0 aliphatic carbocycles. The number of anilines is 1. The van der Waals surface area contributed by atoms with Gasteiger partial charge in [-0.3, -0.25) is 9.69 Å².